The average Bonchev–Trinajstić information content (AvgIpc) is 2.74. The maximum absolute atomic E-state index is 12.7. The molecule has 0 unspecified atom stereocenters. The first kappa shape index (κ1) is 11.7. The molecule has 4 bridgehead atoms. The summed E-state index contributed by atoms with van der Waals surface area (Å²) in [4.78, 5) is 13.7. The quantitative estimate of drug-likeness (QED) is 0.716. The van der Waals surface area contributed by atoms with Crippen LogP contribution in [0.15, 0.2) is 15.9 Å². The van der Waals surface area contributed by atoms with Crippen LogP contribution in [-0.2, 0) is 0 Å². The minimum absolute atomic E-state index is 0.350. The number of thiophene rings is 1. The Morgan fingerprint density at radius 1 is 1.06 bits per heavy atom. The Balaban J connectivity index is 1.63. The second kappa shape index (κ2) is 4.17. The smallest absolute Gasteiger partial charge is 0.176 e. The summed E-state index contributed by atoms with van der Waals surface area (Å²) in [5.74, 6) is 4.10. The lowest BCUT2D eigenvalue weighted by molar-refractivity contribution is -0.0249. The van der Waals surface area contributed by atoms with E-state index in [1.54, 1.807) is 11.3 Å². The molecule has 4 aliphatic rings. The van der Waals surface area contributed by atoms with Gasteiger partial charge in [-0.25, -0.2) is 0 Å². The highest BCUT2D eigenvalue weighted by Gasteiger charge is 2.50. The Kier molecular flexibility index (Phi) is 2.70. The highest BCUT2D eigenvalue weighted by atomic mass is 79.9. The van der Waals surface area contributed by atoms with Crippen molar-refractivity contribution in [3.63, 3.8) is 0 Å². The second-order valence-corrected chi connectivity index (χ2v) is 8.89. The molecule has 0 radical (unpaired) electrons. The summed E-state index contributed by atoms with van der Waals surface area (Å²) in [6, 6.07) is 4.01. The molecule has 4 aliphatic carbocycles. The summed E-state index contributed by atoms with van der Waals surface area (Å²) in [5.41, 5.74) is 0. The molecular weight excluding hydrogens is 308 g/mol. The largest absolute Gasteiger partial charge is 0.293 e. The second-order valence-electron chi connectivity index (χ2n) is 6.42. The molecule has 0 saturated heterocycles. The molecule has 4 fully saturated rings. The summed E-state index contributed by atoms with van der Waals surface area (Å²) in [6.45, 7) is 0. The first-order chi connectivity index (χ1) is 8.70. The number of carbonyl (C=O) groups excluding carboxylic acids is 1. The van der Waals surface area contributed by atoms with Gasteiger partial charge < -0.3 is 0 Å². The maximum atomic E-state index is 12.7. The Morgan fingerprint density at radius 2 is 1.67 bits per heavy atom. The van der Waals surface area contributed by atoms with Crippen LogP contribution in [0.25, 0.3) is 0 Å². The van der Waals surface area contributed by atoms with Crippen molar-refractivity contribution < 1.29 is 4.79 Å². The SMILES string of the molecule is O=C(c1ccc(Br)s1)C1C2CC3CC(C2)CC1C3. The third-order valence-corrected chi connectivity index (χ3v) is 6.98. The van der Waals surface area contributed by atoms with Crippen LogP contribution >= 0.6 is 27.3 Å². The van der Waals surface area contributed by atoms with E-state index in [-0.39, 0.29) is 0 Å². The molecule has 4 saturated carbocycles. The summed E-state index contributed by atoms with van der Waals surface area (Å²) in [6.07, 6.45) is 6.77. The topological polar surface area (TPSA) is 17.1 Å². The van der Waals surface area contributed by atoms with E-state index >= 15 is 0 Å². The summed E-state index contributed by atoms with van der Waals surface area (Å²) >= 11 is 5.08. The molecule has 3 heteroatoms. The molecule has 1 heterocycles. The highest BCUT2D eigenvalue weighted by molar-refractivity contribution is 9.11. The minimum Gasteiger partial charge on any atom is -0.293 e. The summed E-state index contributed by atoms with van der Waals surface area (Å²) in [7, 11) is 0. The van der Waals surface area contributed by atoms with Crippen molar-refractivity contribution in [1.82, 2.24) is 0 Å². The highest BCUT2D eigenvalue weighted by Crippen LogP contribution is 2.57. The molecule has 1 nitrogen and oxygen atoms in total. The van der Waals surface area contributed by atoms with Crippen molar-refractivity contribution in [3.05, 3.63) is 20.8 Å². The van der Waals surface area contributed by atoms with E-state index in [0.29, 0.717) is 23.5 Å². The Hall–Kier alpha value is -0.150. The molecule has 96 valence electrons. The molecule has 0 N–H and O–H groups in total. The van der Waals surface area contributed by atoms with Crippen molar-refractivity contribution >= 4 is 33.0 Å². The first-order valence-electron chi connectivity index (χ1n) is 7.00. The van der Waals surface area contributed by atoms with Gasteiger partial charge in [0.2, 0.25) is 0 Å². The number of Topliss-reactive ketones (excluding diaryl/α,β-unsaturated/α-hetero) is 1. The lowest BCUT2D eigenvalue weighted by atomic mass is 9.51. The molecule has 0 aliphatic heterocycles. The molecule has 5 rings (SSSR count). The monoisotopic (exact) mass is 324 g/mol. The minimum atomic E-state index is 0.350. The van der Waals surface area contributed by atoms with Crippen LogP contribution in [0, 0.1) is 29.6 Å². The zero-order chi connectivity index (χ0) is 12.3. The standard InChI is InChI=1S/C15H17BrOS/c16-13-2-1-12(18-13)15(17)14-10-4-8-3-9(6-10)7-11(14)5-8/h1-2,8-11,14H,3-7H2. The van der Waals surface area contributed by atoms with Gasteiger partial charge in [0.05, 0.1) is 8.66 Å². The number of halogens is 1. The van der Waals surface area contributed by atoms with Crippen molar-refractivity contribution in [2.45, 2.75) is 32.1 Å². The summed E-state index contributed by atoms with van der Waals surface area (Å²) < 4.78 is 1.08. The number of hydrogen-bond donors (Lipinski definition) is 0. The lowest BCUT2D eigenvalue weighted by Crippen LogP contribution is -2.47. The van der Waals surface area contributed by atoms with Gasteiger partial charge in [-0.05, 0) is 83.8 Å². The Bertz CT molecular complexity index is 464. The van der Waals surface area contributed by atoms with Crippen molar-refractivity contribution in [1.29, 1.82) is 0 Å². The van der Waals surface area contributed by atoms with Gasteiger partial charge in [0, 0.05) is 5.92 Å². The fourth-order valence-corrected chi connectivity index (χ4v) is 6.34. The molecule has 1 aromatic rings. The average molecular weight is 325 g/mol. The van der Waals surface area contributed by atoms with Crippen molar-refractivity contribution in [2.75, 3.05) is 0 Å². The van der Waals surface area contributed by atoms with Crippen LogP contribution in [0.4, 0.5) is 0 Å². The fraction of sp³-hybridized carbons (Fsp3) is 0.667. The van der Waals surface area contributed by atoms with Gasteiger partial charge in [-0.2, -0.15) is 0 Å². The van der Waals surface area contributed by atoms with Crippen LogP contribution in [0.5, 0.6) is 0 Å². The molecule has 0 spiro atoms. The van der Waals surface area contributed by atoms with E-state index in [1.165, 1.54) is 32.1 Å². The predicted molar refractivity (Wildman–Crippen MR) is 76.9 cm³/mol. The van der Waals surface area contributed by atoms with Gasteiger partial charge in [-0.15, -0.1) is 11.3 Å². The molecule has 0 aromatic carbocycles. The molecule has 1 aromatic heterocycles. The number of ketones is 1. The van der Waals surface area contributed by atoms with Gasteiger partial charge in [-0.3, -0.25) is 4.79 Å². The third-order valence-electron chi connectivity index (χ3n) is 5.35. The van der Waals surface area contributed by atoms with Crippen LogP contribution in [-0.4, -0.2) is 5.78 Å². The van der Waals surface area contributed by atoms with E-state index < -0.39 is 0 Å². The molecular formula is C15H17BrOS. The van der Waals surface area contributed by atoms with E-state index in [4.69, 9.17) is 0 Å². The van der Waals surface area contributed by atoms with E-state index in [0.717, 1.165) is 20.5 Å². The van der Waals surface area contributed by atoms with Gasteiger partial charge in [0.25, 0.3) is 0 Å². The van der Waals surface area contributed by atoms with Crippen molar-refractivity contribution in [2.24, 2.45) is 29.6 Å². The zero-order valence-electron chi connectivity index (χ0n) is 10.3. The normalized spacial score (nSPS) is 41.3. The van der Waals surface area contributed by atoms with Crippen LogP contribution in [0.2, 0.25) is 0 Å². The van der Waals surface area contributed by atoms with Crippen molar-refractivity contribution in [3.8, 4) is 0 Å². The molecule has 18 heavy (non-hydrogen) atoms. The molecule has 0 amide bonds. The Labute approximate surface area is 120 Å². The fourth-order valence-electron chi connectivity index (χ4n) is 4.96. The Morgan fingerprint density at radius 3 is 2.17 bits per heavy atom. The van der Waals surface area contributed by atoms with Gasteiger partial charge in [0.15, 0.2) is 5.78 Å². The summed E-state index contributed by atoms with van der Waals surface area (Å²) in [5, 5.41) is 0. The van der Waals surface area contributed by atoms with Crippen LogP contribution in [0.1, 0.15) is 41.8 Å². The maximum Gasteiger partial charge on any atom is 0.176 e. The zero-order valence-corrected chi connectivity index (χ0v) is 12.7. The van der Waals surface area contributed by atoms with E-state index in [9.17, 15) is 4.79 Å². The van der Waals surface area contributed by atoms with Gasteiger partial charge in [-0.1, -0.05) is 0 Å². The van der Waals surface area contributed by atoms with E-state index in [1.807, 2.05) is 12.1 Å². The first-order valence-corrected chi connectivity index (χ1v) is 8.61. The number of hydrogen-bond acceptors (Lipinski definition) is 2. The lowest BCUT2D eigenvalue weighted by Gasteiger charge is -2.53. The number of rotatable bonds is 2. The predicted octanol–water partition coefficient (Wildman–Crippen LogP) is 4.77. The van der Waals surface area contributed by atoms with Crippen LogP contribution in [0.3, 0.4) is 0 Å². The third kappa shape index (κ3) is 1.74. The molecule has 0 atom stereocenters. The number of carbonyl (C=O) groups is 1. The van der Waals surface area contributed by atoms with Gasteiger partial charge in [0.1, 0.15) is 0 Å². The van der Waals surface area contributed by atoms with E-state index in [2.05, 4.69) is 15.9 Å². The van der Waals surface area contributed by atoms with Crippen LogP contribution < -0.4 is 0 Å². The van der Waals surface area contributed by atoms with Gasteiger partial charge >= 0.3 is 0 Å².